The number of thioether (sulfide) groups is 1. The van der Waals surface area contributed by atoms with Crippen LogP contribution in [0.15, 0.2) is 24.4 Å². The Balaban J connectivity index is 1.78. The Morgan fingerprint density at radius 2 is 2.19 bits per heavy atom. The summed E-state index contributed by atoms with van der Waals surface area (Å²) in [6.45, 7) is 2.78. The molecule has 8 nitrogen and oxygen atoms in total. The molecule has 3 heterocycles. The number of carboxylic acids is 1. The molecule has 3 unspecified atom stereocenters. The molecule has 2 N–H and O–H groups in total. The maximum atomic E-state index is 12.9. The maximum Gasteiger partial charge on any atom is 0.318 e. The van der Waals surface area contributed by atoms with Crippen molar-refractivity contribution in [3.05, 3.63) is 30.2 Å². The zero-order valence-corrected chi connectivity index (χ0v) is 16.4. The van der Waals surface area contributed by atoms with Crippen molar-refractivity contribution in [2.45, 2.75) is 25.8 Å². The summed E-state index contributed by atoms with van der Waals surface area (Å²) in [5, 5.41) is 20.9. The fraction of sp³-hybridized carbons (Fsp3) is 0.556. The highest BCUT2D eigenvalue weighted by Crippen LogP contribution is 2.23. The molecule has 1 saturated heterocycles. The Hall–Kier alpha value is -2.29. The molecule has 0 aromatic carbocycles. The number of amides is 2. The number of aromatic nitrogens is 3. The van der Waals surface area contributed by atoms with Crippen molar-refractivity contribution in [1.82, 2.24) is 24.8 Å². The number of piperidine rings is 1. The Morgan fingerprint density at radius 3 is 2.93 bits per heavy atom. The molecular formula is C18H25N5O3S. The van der Waals surface area contributed by atoms with Gasteiger partial charge in [0.2, 0.25) is 0 Å². The second-order valence-corrected chi connectivity index (χ2v) is 8.04. The quantitative estimate of drug-likeness (QED) is 0.784. The Kier molecular flexibility index (Phi) is 6.20. The molecule has 3 atom stereocenters. The van der Waals surface area contributed by atoms with Crippen LogP contribution in [-0.4, -0.2) is 61.7 Å². The number of carbonyl (C=O) groups excluding carboxylic acids is 1. The molecule has 2 aromatic rings. The molecule has 27 heavy (non-hydrogen) atoms. The standard InChI is InChI=1S/C18H25N5O3S/c1-12-9-13(17(24)25)11-22(10-12)18(26)19-14(6-8-27-2)16-21-20-15-5-3-4-7-23(15)16/h3-5,7,12-14H,6,8-11H2,1-2H3,(H,19,26)(H,24,25). The van der Waals surface area contributed by atoms with E-state index in [-0.39, 0.29) is 24.5 Å². The van der Waals surface area contributed by atoms with Crippen molar-refractivity contribution < 1.29 is 14.7 Å². The highest BCUT2D eigenvalue weighted by Gasteiger charge is 2.33. The van der Waals surface area contributed by atoms with Gasteiger partial charge < -0.3 is 15.3 Å². The number of nitrogens with zero attached hydrogens (tertiary/aromatic N) is 4. The van der Waals surface area contributed by atoms with E-state index in [1.165, 1.54) is 0 Å². The van der Waals surface area contributed by atoms with Gasteiger partial charge in [-0.05, 0) is 42.9 Å². The molecule has 1 aliphatic rings. The van der Waals surface area contributed by atoms with Gasteiger partial charge in [0.1, 0.15) is 0 Å². The predicted molar refractivity (Wildman–Crippen MR) is 104 cm³/mol. The van der Waals surface area contributed by atoms with Gasteiger partial charge in [-0.2, -0.15) is 11.8 Å². The molecule has 2 amide bonds. The van der Waals surface area contributed by atoms with E-state index in [1.54, 1.807) is 16.7 Å². The number of carboxylic acid groups (broad SMARTS) is 1. The zero-order chi connectivity index (χ0) is 19.4. The lowest BCUT2D eigenvalue weighted by atomic mass is 9.91. The maximum absolute atomic E-state index is 12.9. The molecule has 0 saturated carbocycles. The molecule has 0 radical (unpaired) electrons. The van der Waals surface area contributed by atoms with Crippen LogP contribution in [0.4, 0.5) is 4.79 Å². The van der Waals surface area contributed by atoms with Crippen molar-refractivity contribution in [1.29, 1.82) is 0 Å². The lowest BCUT2D eigenvalue weighted by Crippen LogP contribution is -2.50. The summed E-state index contributed by atoms with van der Waals surface area (Å²) in [4.78, 5) is 25.9. The minimum Gasteiger partial charge on any atom is -0.481 e. The molecule has 1 aliphatic heterocycles. The van der Waals surface area contributed by atoms with Crippen LogP contribution in [0, 0.1) is 11.8 Å². The van der Waals surface area contributed by atoms with Gasteiger partial charge in [-0.25, -0.2) is 4.79 Å². The van der Waals surface area contributed by atoms with E-state index in [1.807, 2.05) is 42.0 Å². The van der Waals surface area contributed by atoms with E-state index in [9.17, 15) is 14.7 Å². The molecular weight excluding hydrogens is 366 g/mol. The average molecular weight is 391 g/mol. The number of pyridine rings is 1. The number of carbonyl (C=O) groups is 2. The van der Waals surface area contributed by atoms with Crippen LogP contribution in [0.2, 0.25) is 0 Å². The molecule has 0 spiro atoms. The van der Waals surface area contributed by atoms with Crippen LogP contribution in [0.5, 0.6) is 0 Å². The minimum atomic E-state index is -0.846. The first kappa shape index (κ1) is 19.5. The van der Waals surface area contributed by atoms with Gasteiger partial charge in [-0.15, -0.1) is 10.2 Å². The first-order valence-corrected chi connectivity index (χ1v) is 10.5. The van der Waals surface area contributed by atoms with Crippen molar-refractivity contribution in [3.63, 3.8) is 0 Å². The number of hydrogen-bond acceptors (Lipinski definition) is 5. The number of likely N-dealkylation sites (tertiary alicyclic amines) is 1. The number of hydrogen-bond donors (Lipinski definition) is 2. The molecule has 1 fully saturated rings. The number of fused-ring (bicyclic) bond motifs is 1. The normalized spacial score (nSPS) is 21.2. The summed E-state index contributed by atoms with van der Waals surface area (Å²) >= 11 is 1.70. The van der Waals surface area contributed by atoms with E-state index in [0.717, 1.165) is 11.4 Å². The van der Waals surface area contributed by atoms with Crippen LogP contribution < -0.4 is 5.32 Å². The van der Waals surface area contributed by atoms with Crippen molar-refractivity contribution >= 4 is 29.4 Å². The summed E-state index contributed by atoms with van der Waals surface area (Å²) in [7, 11) is 0. The number of nitrogens with one attached hydrogen (secondary N) is 1. The Bertz CT molecular complexity index is 811. The number of aliphatic carboxylic acids is 1. The summed E-state index contributed by atoms with van der Waals surface area (Å²) in [5.74, 6) is 0.345. The van der Waals surface area contributed by atoms with Crippen LogP contribution in [0.3, 0.4) is 0 Å². The van der Waals surface area contributed by atoms with Crippen LogP contribution in [-0.2, 0) is 4.79 Å². The van der Waals surface area contributed by atoms with Gasteiger partial charge in [0.05, 0.1) is 12.0 Å². The summed E-state index contributed by atoms with van der Waals surface area (Å²) < 4.78 is 1.88. The summed E-state index contributed by atoms with van der Waals surface area (Å²) in [6.07, 6.45) is 5.22. The van der Waals surface area contributed by atoms with Crippen molar-refractivity contribution in [2.75, 3.05) is 25.1 Å². The lowest BCUT2D eigenvalue weighted by Gasteiger charge is -2.35. The van der Waals surface area contributed by atoms with Gasteiger partial charge in [-0.3, -0.25) is 9.20 Å². The third kappa shape index (κ3) is 4.52. The predicted octanol–water partition coefficient (Wildman–Crippen LogP) is 2.28. The Labute approximate surface area is 162 Å². The smallest absolute Gasteiger partial charge is 0.318 e. The van der Waals surface area contributed by atoms with Crippen LogP contribution in [0.25, 0.3) is 5.65 Å². The van der Waals surface area contributed by atoms with E-state index in [2.05, 4.69) is 15.5 Å². The topological polar surface area (TPSA) is 99.8 Å². The fourth-order valence-electron chi connectivity index (χ4n) is 3.54. The van der Waals surface area contributed by atoms with Gasteiger partial charge >= 0.3 is 12.0 Å². The molecule has 0 aliphatic carbocycles. The van der Waals surface area contributed by atoms with Gasteiger partial charge in [0.25, 0.3) is 0 Å². The monoisotopic (exact) mass is 391 g/mol. The van der Waals surface area contributed by atoms with Gasteiger partial charge in [0.15, 0.2) is 11.5 Å². The third-order valence-electron chi connectivity index (χ3n) is 4.86. The van der Waals surface area contributed by atoms with Crippen molar-refractivity contribution in [3.8, 4) is 0 Å². The fourth-order valence-corrected chi connectivity index (χ4v) is 4.01. The second kappa shape index (κ2) is 8.60. The minimum absolute atomic E-state index is 0.157. The highest BCUT2D eigenvalue weighted by atomic mass is 32.2. The first-order valence-electron chi connectivity index (χ1n) is 9.06. The molecule has 146 valence electrons. The number of urea groups is 1. The van der Waals surface area contributed by atoms with Gasteiger partial charge in [0, 0.05) is 19.3 Å². The second-order valence-electron chi connectivity index (χ2n) is 7.05. The van der Waals surface area contributed by atoms with E-state index >= 15 is 0 Å². The molecule has 0 bridgehead atoms. The largest absolute Gasteiger partial charge is 0.481 e. The van der Waals surface area contributed by atoms with Crippen molar-refractivity contribution in [2.24, 2.45) is 11.8 Å². The van der Waals surface area contributed by atoms with E-state index in [0.29, 0.717) is 25.2 Å². The SMILES string of the molecule is CSCCC(NC(=O)N1CC(C)CC(C(=O)O)C1)c1nnc2ccccn12. The van der Waals surface area contributed by atoms with E-state index < -0.39 is 11.9 Å². The lowest BCUT2D eigenvalue weighted by molar-refractivity contribution is -0.143. The molecule has 2 aromatic heterocycles. The Morgan fingerprint density at radius 1 is 1.37 bits per heavy atom. The summed E-state index contributed by atoms with van der Waals surface area (Å²) in [5.41, 5.74) is 0.730. The van der Waals surface area contributed by atoms with Crippen LogP contribution >= 0.6 is 11.8 Å². The van der Waals surface area contributed by atoms with Crippen LogP contribution in [0.1, 0.15) is 31.6 Å². The zero-order valence-electron chi connectivity index (χ0n) is 15.5. The molecule has 9 heteroatoms. The summed E-state index contributed by atoms with van der Waals surface area (Å²) in [6, 6.07) is 5.13. The van der Waals surface area contributed by atoms with Gasteiger partial charge in [-0.1, -0.05) is 13.0 Å². The highest BCUT2D eigenvalue weighted by molar-refractivity contribution is 7.98. The molecule has 3 rings (SSSR count). The van der Waals surface area contributed by atoms with E-state index in [4.69, 9.17) is 0 Å². The first-order chi connectivity index (χ1) is 13.0. The third-order valence-corrected chi connectivity index (χ3v) is 5.50. The number of rotatable bonds is 6. The average Bonchev–Trinajstić information content (AvgIpc) is 3.08.